The SMILES string of the molecule is CCNC(=NCc1cc(C#N)ccc1F)NCC(C)(O)c1ccccc1. The highest BCUT2D eigenvalue weighted by atomic mass is 19.1. The highest BCUT2D eigenvalue weighted by Gasteiger charge is 2.22. The Labute approximate surface area is 153 Å². The van der Waals surface area contributed by atoms with Crippen LogP contribution in [0.2, 0.25) is 0 Å². The fourth-order valence-electron chi connectivity index (χ4n) is 2.43. The molecular formula is C20H23FN4O. The summed E-state index contributed by atoms with van der Waals surface area (Å²) in [7, 11) is 0. The van der Waals surface area contributed by atoms with Crippen LogP contribution in [-0.2, 0) is 12.1 Å². The average molecular weight is 354 g/mol. The van der Waals surface area contributed by atoms with E-state index in [2.05, 4.69) is 15.6 Å². The van der Waals surface area contributed by atoms with E-state index in [4.69, 9.17) is 5.26 Å². The number of aliphatic hydroxyl groups is 1. The van der Waals surface area contributed by atoms with Gasteiger partial charge in [-0.25, -0.2) is 9.38 Å². The normalized spacial score (nSPS) is 13.6. The molecular weight excluding hydrogens is 331 g/mol. The lowest BCUT2D eigenvalue weighted by molar-refractivity contribution is 0.0617. The maximum Gasteiger partial charge on any atom is 0.191 e. The van der Waals surface area contributed by atoms with E-state index in [1.54, 1.807) is 6.92 Å². The van der Waals surface area contributed by atoms with Crippen molar-refractivity contribution in [1.29, 1.82) is 5.26 Å². The number of nitriles is 1. The number of nitrogens with one attached hydrogen (secondary N) is 2. The standard InChI is InChI=1S/C20H23FN4O/c1-3-23-19(24-13-16-11-15(12-22)9-10-18(16)21)25-14-20(2,26)17-7-5-4-6-8-17/h4-11,26H,3,13-14H2,1-2H3,(H2,23,24,25). The van der Waals surface area contributed by atoms with E-state index in [9.17, 15) is 9.50 Å². The summed E-state index contributed by atoms with van der Waals surface area (Å²) in [6.45, 7) is 4.59. The molecule has 1 atom stereocenters. The second-order valence-electron chi connectivity index (χ2n) is 6.11. The lowest BCUT2D eigenvalue weighted by Gasteiger charge is -2.25. The lowest BCUT2D eigenvalue weighted by Crippen LogP contribution is -2.44. The molecule has 0 bridgehead atoms. The molecule has 0 aliphatic rings. The number of benzene rings is 2. The van der Waals surface area contributed by atoms with Gasteiger partial charge < -0.3 is 15.7 Å². The van der Waals surface area contributed by atoms with Gasteiger partial charge in [0.15, 0.2) is 5.96 Å². The van der Waals surface area contributed by atoms with Gasteiger partial charge in [-0.2, -0.15) is 5.26 Å². The van der Waals surface area contributed by atoms with Crippen LogP contribution in [0.1, 0.15) is 30.5 Å². The highest BCUT2D eigenvalue weighted by Crippen LogP contribution is 2.19. The average Bonchev–Trinajstić information content (AvgIpc) is 2.66. The molecule has 0 spiro atoms. The molecule has 2 aromatic rings. The van der Waals surface area contributed by atoms with Crippen molar-refractivity contribution >= 4 is 5.96 Å². The van der Waals surface area contributed by atoms with Gasteiger partial charge in [-0.3, -0.25) is 0 Å². The Morgan fingerprint density at radius 3 is 2.62 bits per heavy atom. The first-order chi connectivity index (χ1) is 12.5. The van der Waals surface area contributed by atoms with Gasteiger partial charge in [-0.05, 0) is 37.6 Å². The van der Waals surface area contributed by atoms with Crippen LogP contribution in [0.25, 0.3) is 0 Å². The number of halogens is 1. The van der Waals surface area contributed by atoms with Gasteiger partial charge in [0.25, 0.3) is 0 Å². The molecule has 0 radical (unpaired) electrons. The molecule has 2 rings (SSSR count). The minimum absolute atomic E-state index is 0.0875. The molecule has 0 amide bonds. The van der Waals surface area contributed by atoms with Crippen molar-refractivity contribution in [3.63, 3.8) is 0 Å². The Hall–Kier alpha value is -2.91. The number of nitrogens with zero attached hydrogens (tertiary/aromatic N) is 2. The Morgan fingerprint density at radius 2 is 1.96 bits per heavy atom. The van der Waals surface area contributed by atoms with E-state index in [-0.39, 0.29) is 13.1 Å². The lowest BCUT2D eigenvalue weighted by atomic mass is 9.96. The molecule has 26 heavy (non-hydrogen) atoms. The van der Waals surface area contributed by atoms with E-state index in [1.807, 2.05) is 43.3 Å². The molecule has 0 saturated heterocycles. The second-order valence-corrected chi connectivity index (χ2v) is 6.11. The summed E-state index contributed by atoms with van der Waals surface area (Å²) < 4.78 is 13.9. The summed E-state index contributed by atoms with van der Waals surface area (Å²) in [6.07, 6.45) is 0. The van der Waals surface area contributed by atoms with Crippen molar-refractivity contribution in [1.82, 2.24) is 10.6 Å². The maximum absolute atomic E-state index is 13.9. The Bertz CT molecular complexity index is 797. The summed E-state index contributed by atoms with van der Waals surface area (Å²) in [5, 5.41) is 25.7. The van der Waals surface area contributed by atoms with Crippen LogP contribution in [0.15, 0.2) is 53.5 Å². The monoisotopic (exact) mass is 354 g/mol. The van der Waals surface area contributed by atoms with Gasteiger partial charge in [-0.15, -0.1) is 0 Å². The van der Waals surface area contributed by atoms with Crippen LogP contribution in [0.3, 0.4) is 0 Å². The highest BCUT2D eigenvalue weighted by molar-refractivity contribution is 5.79. The van der Waals surface area contributed by atoms with Crippen molar-refractivity contribution in [3.05, 3.63) is 71.0 Å². The molecule has 2 aromatic carbocycles. The molecule has 1 unspecified atom stereocenters. The Morgan fingerprint density at radius 1 is 1.23 bits per heavy atom. The fraction of sp³-hybridized carbons (Fsp3) is 0.300. The van der Waals surface area contributed by atoms with E-state index >= 15 is 0 Å². The van der Waals surface area contributed by atoms with Crippen molar-refractivity contribution in [3.8, 4) is 6.07 Å². The van der Waals surface area contributed by atoms with E-state index < -0.39 is 11.4 Å². The number of aliphatic imine (C=N–C) groups is 1. The molecule has 0 heterocycles. The predicted octanol–water partition coefficient (Wildman–Crippen LogP) is 2.66. The van der Waals surface area contributed by atoms with Gasteiger partial charge in [-0.1, -0.05) is 30.3 Å². The van der Waals surface area contributed by atoms with Gasteiger partial charge >= 0.3 is 0 Å². The Balaban J connectivity index is 2.09. The zero-order valence-corrected chi connectivity index (χ0v) is 15.0. The first-order valence-corrected chi connectivity index (χ1v) is 8.45. The van der Waals surface area contributed by atoms with Gasteiger partial charge in [0.2, 0.25) is 0 Å². The number of rotatable bonds is 6. The molecule has 0 aliphatic heterocycles. The van der Waals surface area contributed by atoms with Crippen LogP contribution < -0.4 is 10.6 Å². The third kappa shape index (κ3) is 5.30. The smallest absolute Gasteiger partial charge is 0.191 e. The topological polar surface area (TPSA) is 80.4 Å². The summed E-state index contributed by atoms with van der Waals surface area (Å²) in [4.78, 5) is 4.35. The summed E-state index contributed by atoms with van der Waals surface area (Å²) >= 11 is 0. The number of hydrogen-bond donors (Lipinski definition) is 3. The molecule has 5 nitrogen and oxygen atoms in total. The second kappa shape index (κ2) is 8.97. The van der Waals surface area contributed by atoms with E-state index in [1.165, 1.54) is 18.2 Å². The van der Waals surface area contributed by atoms with Crippen molar-refractivity contribution < 1.29 is 9.50 Å². The zero-order valence-electron chi connectivity index (χ0n) is 15.0. The molecule has 3 N–H and O–H groups in total. The van der Waals surface area contributed by atoms with Gasteiger partial charge in [0.1, 0.15) is 11.4 Å². The molecule has 0 aliphatic carbocycles. The summed E-state index contributed by atoms with van der Waals surface area (Å²) in [6, 6.07) is 15.5. The van der Waals surface area contributed by atoms with Crippen LogP contribution >= 0.6 is 0 Å². The fourth-order valence-corrected chi connectivity index (χ4v) is 2.43. The van der Waals surface area contributed by atoms with Crippen molar-refractivity contribution in [2.24, 2.45) is 4.99 Å². The van der Waals surface area contributed by atoms with Gasteiger partial charge in [0.05, 0.1) is 24.7 Å². The largest absolute Gasteiger partial charge is 0.384 e. The zero-order chi connectivity index (χ0) is 19.0. The molecule has 0 fully saturated rings. The summed E-state index contributed by atoms with van der Waals surface area (Å²) in [5.41, 5.74) is 0.442. The Kier molecular flexibility index (Phi) is 6.70. The minimum Gasteiger partial charge on any atom is -0.384 e. The number of hydrogen-bond acceptors (Lipinski definition) is 3. The van der Waals surface area contributed by atoms with E-state index in [0.717, 1.165) is 5.56 Å². The third-order valence-corrected chi connectivity index (χ3v) is 3.92. The third-order valence-electron chi connectivity index (χ3n) is 3.92. The minimum atomic E-state index is -1.08. The molecule has 136 valence electrons. The molecule has 0 aromatic heterocycles. The van der Waals surface area contributed by atoms with Crippen LogP contribution in [0, 0.1) is 17.1 Å². The molecule has 0 saturated carbocycles. The quantitative estimate of drug-likeness (QED) is 0.550. The first kappa shape index (κ1) is 19.4. The van der Waals surface area contributed by atoms with E-state index in [0.29, 0.717) is 23.6 Å². The maximum atomic E-state index is 13.9. The van der Waals surface area contributed by atoms with Crippen LogP contribution in [0.5, 0.6) is 0 Å². The van der Waals surface area contributed by atoms with Crippen molar-refractivity contribution in [2.75, 3.05) is 13.1 Å². The van der Waals surface area contributed by atoms with Crippen LogP contribution in [-0.4, -0.2) is 24.2 Å². The van der Waals surface area contributed by atoms with Gasteiger partial charge in [0, 0.05) is 12.1 Å². The first-order valence-electron chi connectivity index (χ1n) is 8.45. The molecule has 6 heteroatoms. The number of guanidine groups is 1. The van der Waals surface area contributed by atoms with Crippen molar-refractivity contribution in [2.45, 2.75) is 26.0 Å². The predicted molar refractivity (Wildman–Crippen MR) is 99.9 cm³/mol. The van der Waals surface area contributed by atoms with Crippen LogP contribution in [0.4, 0.5) is 4.39 Å². The summed E-state index contributed by atoms with van der Waals surface area (Å²) in [5.74, 6) is 0.0605.